The maximum absolute atomic E-state index is 13.6. The molecule has 1 fully saturated rings. The zero-order valence-electron chi connectivity index (χ0n) is 17.9. The number of nitrogens with zero attached hydrogens (tertiary/aromatic N) is 2. The van der Waals surface area contributed by atoms with E-state index in [2.05, 4.69) is 34.2 Å². The second-order valence-corrected chi connectivity index (χ2v) is 8.00. The number of methoxy groups -OCH3 is 1. The Morgan fingerprint density at radius 2 is 1.80 bits per heavy atom. The van der Waals surface area contributed by atoms with E-state index >= 15 is 0 Å². The van der Waals surface area contributed by atoms with Crippen LogP contribution in [-0.4, -0.2) is 61.6 Å². The first-order valence-corrected chi connectivity index (χ1v) is 10.6. The second-order valence-electron chi connectivity index (χ2n) is 8.00. The van der Waals surface area contributed by atoms with Crippen molar-refractivity contribution < 1.29 is 13.9 Å². The van der Waals surface area contributed by atoms with Crippen molar-refractivity contribution >= 4 is 5.91 Å². The first-order chi connectivity index (χ1) is 14.5. The average molecular weight is 414 g/mol. The van der Waals surface area contributed by atoms with Crippen LogP contribution in [0.15, 0.2) is 48.5 Å². The van der Waals surface area contributed by atoms with Gasteiger partial charge >= 0.3 is 0 Å². The zero-order chi connectivity index (χ0) is 21.3. The molecular weight excluding hydrogens is 381 g/mol. The highest BCUT2D eigenvalue weighted by atomic mass is 19.1. The number of rotatable bonds is 9. The maximum Gasteiger partial charge on any atom is 0.234 e. The fraction of sp³-hybridized carbons (Fsp3) is 0.458. The van der Waals surface area contributed by atoms with Crippen molar-refractivity contribution in [1.82, 2.24) is 15.1 Å². The lowest BCUT2D eigenvalue weighted by Crippen LogP contribution is -2.50. The summed E-state index contributed by atoms with van der Waals surface area (Å²) in [5, 5.41) is 3.12. The highest BCUT2D eigenvalue weighted by Crippen LogP contribution is 2.21. The van der Waals surface area contributed by atoms with E-state index < -0.39 is 0 Å². The van der Waals surface area contributed by atoms with Gasteiger partial charge in [0.15, 0.2) is 0 Å². The van der Waals surface area contributed by atoms with Gasteiger partial charge < -0.3 is 10.1 Å². The van der Waals surface area contributed by atoms with E-state index in [1.54, 1.807) is 13.2 Å². The largest absolute Gasteiger partial charge is 0.496 e. The summed E-state index contributed by atoms with van der Waals surface area (Å²) in [4.78, 5) is 16.9. The Hall–Kier alpha value is -2.44. The van der Waals surface area contributed by atoms with Crippen molar-refractivity contribution in [3.8, 4) is 5.75 Å². The Balaban J connectivity index is 1.38. The molecule has 2 aromatic rings. The van der Waals surface area contributed by atoms with Gasteiger partial charge in [-0.25, -0.2) is 4.39 Å². The minimum atomic E-state index is -0.248. The predicted octanol–water partition coefficient (Wildman–Crippen LogP) is 3.09. The molecule has 0 radical (unpaired) electrons. The van der Waals surface area contributed by atoms with Gasteiger partial charge in [-0.1, -0.05) is 30.3 Å². The number of aryl methyl sites for hydroxylation is 1. The topological polar surface area (TPSA) is 44.8 Å². The van der Waals surface area contributed by atoms with Crippen LogP contribution in [0.4, 0.5) is 4.39 Å². The number of hydrogen-bond acceptors (Lipinski definition) is 4. The molecule has 0 aromatic heterocycles. The van der Waals surface area contributed by atoms with Gasteiger partial charge in [-0.15, -0.1) is 0 Å². The van der Waals surface area contributed by atoms with E-state index in [-0.39, 0.29) is 17.8 Å². The van der Waals surface area contributed by atoms with Gasteiger partial charge in [0, 0.05) is 44.3 Å². The van der Waals surface area contributed by atoms with Crippen molar-refractivity contribution in [2.75, 3.05) is 39.8 Å². The molecule has 3 rings (SSSR count). The predicted molar refractivity (Wildman–Crippen MR) is 117 cm³/mol. The molecule has 0 saturated carbocycles. The fourth-order valence-corrected chi connectivity index (χ4v) is 3.84. The lowest BCUT2D eigenvalue weighted by Gasteiger charge is -2.34. The highest BCUT2D eigenvalue weighted by molar-refractivity contribution is 5.78. The molecule has 1 amide bonds. The number of ether oxygens (including phenoxy) is 1. The number of amides is 1. The Morgan fingerprint density at radius 1 is 1.10 bits per heavy atom. The van der Waals surface area contributed by atoms with E-state index in [1.807, 2.05) is 18.2 Å². The van der Waals surface area contributed by atoms with Gasteiger partial charge in [-0.2, -0.15) is 0 Å². The van der Waals surface area contributed by atoms with E-state index in [0.717, 1.165) is 44.6 Å². The Labute approximate surface area is 178 Å². The molecule has 1 atom stereocenters. The number of benzene rings is 2. The molecule has 0 bridgehead atoms. The molecule has 0 unspecified atom stereocenters. The summed E-state index contributed by atoms with van der Waals surface area (Å²) in [6.07, 6.45) is 1.89. The molecule has 1 saturated heterocycles. The minimum Gasteiger partial charge on any atom is -0.496 e. The molecular formula is C24H32FN3O2. The number of halogens is 1. The normalized spacial score (nSPS) is 16.2. The van der Waals surface area contributed by atoms with Gasteiger partial charge in [0.1, 0.15) is 11.6 Å². The van der Waals surface area contributed by atoms with Crippen LogP contribution in [-0.2, 0) is 17.8 Å². The molecule has 1 N–H and O–H groups in total. The summed E-state index contributed by atoms with van der Waals surface area (Å²) < 4.78 is 18.9. The summed E-state index contributed by atoms with van der Waals surface area (Å²) in [6.45, 7) is 6.47. The first kappa shape index (κ1) is 22.2. The van der Waals surface area contributed by atoms with Crippen LogP contribution in [0.5, 0.6) is 5.75 Å². The Morgan fingerprint density at radius 3 is 2.50 bits per heavy atom. The molecule has 6 heteroatoms. The number of hydrogen-bond donors (Lipinski definition) is 1. The van der Waals surface area contributed by atoms with Crippen LogP contribution >= 0.6 is 0 Å². The van der Waals surface area contributed by atoms with E-state index in [1.165, 1.54) is 17.7 Å². The zero-order valence-corrected chi connectivity index (χ0v) is 17.9. The van der Waals surface area contributed by atoms with Crippen molar-refractivity contribution in [2.24, 2.45) is 0 Å². The third-order valence-corrected chi connectivity index (χ3v) is 5.58. The third-order valence-electron chi connectivity index (χ3n) is 5.58. The van der Waals surface area contributed by atoms with Crippen molar-refractivity contribution in [2.45, 2.75) is 32.4 Å². The Bertz CT molecular complexity index is 807. The van der Waals surface area contributed by atoms with Gasteiger partial charge in [-0.3, -0.25) is 14.6 Å². The summed E-state index contributed by atoms with van der Waals surface area (Å²) in [5.41, 5.74) is 2.15. The summed E-state index contributed by atoms with van der Waals surface area (Å²) in [7, 11) is 1.61. The smallest absolute Gasteiger partial charge is 0.234 e. The van der Waals surface area contributed by atoms with Crippen molar-refractivity contribution in [3.05, 3.63) is 65.5 Å². The summed E-state index contributed by atoms with van der Waals surface area (Å²) in [6, 6.07) is 15.1. The molecule has 0 aliphatic carbocycles. The highest BCUT2D eigenvalue weighted by Gasteiger charge is 2.20. The van der Waals surface area contributed by atoms with Crippen LogP contribution in [0.1, 0.15) is 24.5 Å². The lowest BCUT2D eigenvalue weighted by molar-refractivity contribution is -0.123. The summed E-state index contributed by atoms with van der Waals surface area (Å²) >= 11 is 0. The van der Waals surface area contributed by atoms with Gasteiger partial charge in [-0.05, 0) is 43.5 Å². The molecule has 162 valence electrons. The van der Waals surface area contributed by atoms with Crippen LogP contribution in [0, 0.1) is 5.82 Å². The average Bonchev–Trinajstić information content (AvgIpc) is 2.74. The third kappa shape index (κ3) is 6.82. The van der Waals surface area contributed by atoms with Crippen LogP contribution in [0.25, 0.3) is 0 Å². The van der Waals surface area contributed by atoms with Crippen molar-refractivity contribution in [1.29, 1.82) is 0 Å². The van der Waals surface area contributed by atoms with Gasteiger partial charge in [0.05, 0.1) is 13.7 Å². The molecule has 1 aliphatic heterocycles. The lowest BCUT2D eigenvalue weighted by atomic mass is 10.1. The SMILES string of the molecule is COc1ccc(F)cc1CN1CCN(CC(=O)N[C@H](C)CCc2ccccc2)CC1. The molecule has 0 spiro atoms. The molecule has 1 heterocycles. The molecule has 5 nitrogen and oxygen atoms in total. The van der Waals surface area contributed by atoms with Crippen LogP contribution < -0.4 is 10.1 Å². The number of nitrogens with one attached hydrogen (secondary N) is 1. The quantitative estimate of drug-likeness (QED) is 0.686. The van der Waals surface area contributed by atoms with Crippen molar-refractivity contribution in [3.63, 3.8) is 0 Å². The second kappa shape index (κ2) is 11.1. The van der Waals surface area contributed by atoms with Crippen LogP contribution in [0.3, 0.4) is 0 Å². The number of carbonyl (C=O) groups excluding carboxylic acids is 1. The molecule has 1 aliphatic rings. The first-order valence-electron chi connectivity index (χ1n) is 10.6. The number of piperazine rings is 1. The maximum atomic E-state index is 13.6. The Kier molecular flexibility index (Phi) is 8.22. The number of carbonyl (C=O) groups is 1. The summed E-state index contributed by atoms with van der Waals surface area (Å²) in [5.74, 6) is 0.543. The van der Waals surface area contributed by atoms with E-state index in [4.69, 9.17) is 4.74 Å². The van der Waals surface area contributed by atoms with Gasteiger partial charge in [0.25, 0.3) is 0 Å². The van der Waals surface area contributed by atoms with E-state index in [9.17, 15) is 9.18 Å². The minimum absolute atomic E-state index is 0.0795. The monoisotopic (exact) mass is 413 g/mol. The van der Waals surface area contributed by atoms with Crippen LogP contribution in [0.2, 0.25) is 0 Å². The molecule has 2 aromatic carbocycles. The van der Waals surface area contributed by atoms with Gasteiger partial charge in [0.2, 0.25) is 5.91 Å². The van der Waals surface area contributed by atoms with E-state index in [0.29, 0.717) is 18.8 Å². The molecule has 30 heavy (non-hydrogen) atoms. The fourth-order valence-electron chi connectivity index (χ4n) is 3.84. The standard InChI is InChI=1S/C24H32FN3O2/c1-19(8-9-20-6-4-3-5-7-20)26-24(29)18-28-14-12-27(13-15-28)17-21-16-22(25)10-11-23(21)30-2/h3-7,10-11,16,19H,8-9,12-15,17-18H2,1-2H3,(H,26,29)/t19-/m1/s1.